The number of aromatic nitrogens is 2. The molecular weight excluding hydrogens is 326 g/mol. The molecule has 3 rings (SSSR count). The number of rotatable bonds is 6. The molecule has 1 N–H and O–H groups in total. The highest BCUT2D eigenvalue weighted by Crippen LogP contribution is 2.22. The number of benzene rings is 1. The van der Waals surface area contributed by atoms with Gasteiger partial charge in [-0.1, -0.05) is 26.0 Å². The minimum absolute atomic E-state index is 0.345. The van der Waals surface area contributed by atoms with E-state index in [1.165, 1.54) is 18.4 Å². The van der Waals surface area contributed by atoms with Crippen LogP contribution in [-0.2, 0) is 13.0 Å². The second-order valence-corrected chi connectivity index (χ2v) is 7.51. The first kappa shape index (κ1) is 18.5. The van der Waals surface area contributed by atoms with Crippen LogP contribution in [-0.4, -0.2) is 39.0 Å². The van der Waals surface area contributed by atoms with E-state index in [9.17, 15) is 4.79 Å². The summed E-state index contributed by atoms with van der Waals surface area (Å²) in [6.45, 7) is 7.27. The Labute approximate surface area is 155 Å². The summed E-state index contributed by atoms with van der Waals surface area (Å²) in [5, 5.41) is 9.01. The van der Waals surface area contributed by atoms with E-state index in [2.05, 4.69) is 23.7 Å². The van der Waals surface area contributed by atoms with Crippen LogP contribution in [0.2, 0.25) is 0 Å². The molecule has 138 valence electrons. The van der Waals surface area contributed by atoms with Crippen LogP contribution in [0.25, 0.3) is 0 Å². The average Bonchev–Trinajstić information content (AvgIpc) is 2.62. The number of likely N-dealkylation sites (tertiary alicyclic amines) is 1. The highest BCUT2D eigenvalue weighted by Gasteiger charge is 2.21. The van der Waals surface area contributed by atoms with E-state index in [0.29, 0.717) is 17.4 Å². The number of carboxylic acids is 1. The predicted molar refractivity (Wildman–Crippen MR) is 101 cm³/mol. The molecule has 1 unspecified atom stereocenters. The Morgan fingerprint density at radius 1 is 1.27 bits per heavy atom. The Morgan fingerprint density at radius 3 is 2.73 bits per heavy atom. The zero-order valence-corrected chi connectivity index (χ0v) is 15.6. The van der Waals surface area contributed by atoms with Crippen LogP contribution in [0.1, 0.15) is 60.0 Å². The third-order valence-corrected chi connectivity index (χ3v) is 4.96. The van der Waals surface area contributed by atoms with Crippen LogP contribution in [0.3, 0.4) is 0 Å². The van der Waals surface area contributed by atoms with E-state index in [1.54, 1.807) is 12.1 Å². The van der Waals surface area contributed by atoms with Crippen molar-refractivity contribution < 1.29 is 9.90 Å². The van der Waals surface area contributed by atoms with Crippen LogP contribution < -0.4 is 0 Å². The smallest absolute Gasteiger partial charge is 0.335 e. The lowest BCUT2D eigenvalue weighted by Crippen LogP contribution is -2.36. The largest absolute Gasteiger partial charge is 0.478 e. The molecule has 1 aromatic heterocycles. The van der Waals surface area contributed by atoms with E-state index in [-0.39, 0.29) is 0 Å². The van der Waals surface area contributed by atoms with Gasteiger partial charge >= 0.3 is 5.97 Å². The average molecular weight is 353 g/mol. The molecule has 26 heavy (non-hydrogen) atoms. The molecule has 0 amide bonds. The molecule has 0 aliphatic carbocycles. The SMILES string of the molecule is CC(C)c1nccc(CN2CCCC(Cc3ccc(C(=O)O)cc3)C2)n1. The van der Waals surface area contributed by atoms with Crippen molar-refractivity contribution >= 4 is 5.97 Å². The minimum atomic E-state index is -0.869. The standard InChI is InChI=1S/C21H27N3O2/c1-15(2)20-22-10-9-19(23-20)14-24-11-3-4-17(13-24)12-16-5-7-18(8-6-16)21(25)26/h5-10,15,17H,3-4,11-14H2,1-2H3,(H,25,26). The summed E-state index contributed by atoms with van der Waals surface area (Å²) >= 11 is 0. The molecule has 2 aromatic rings. The number of hydrogen-bond acceptors (Lipinski definition) is 4. The molecule has 0 spiro atoms. The topological polar surface area (TPSA) is 66.3 Å². The number of nitrogens with zero attached hydrogens (tertiary/aromatic N) is 3. The Kier molecular flexibility index (Phi) is 5.99. The van der Waals surface area contributed by atoms with E-state index in [0.717, 1.165) is 37.6 Å². The molecule has 5 nitrogen and oxygen atoms in total. The van der Waals surface area contributed by atoms with Gasteiger partial charge < -0.3 is 5.11 Å². The fourth-order valence-electron chi connectivity index (χ4n) is 3.59. The highest BCUT2D eigenvalue weighted by atomic mass is 16.4. The van der Waals surface area contributed by atoms with Gasteiger partial charge in [0.15, 0.2) is 0 Å². The van der Waals surface area contributed by atoms with Gasteiger partial charge in [-0.05, 0) is 55.5 Å². The summed E-state index contributed by atoms with van der Waals surface area (Å²) in [5.74, 6) is 0.990. The number of carboxylic acid groups (broad SMARTS) is 1. The molecule has 1 atom stereocenters. The lowest BCUT2D eigenvalue weighted by atomic mass is 9.91. The van der Waals surface area contributed by atoms with Crippen molar-refractivity contribution in [2.75, 3.05) is 13.1 Å². The molecule has 0 bridgehead atoms. The third-order valence-electron chi connectivity index (χ3n) is 4.96. The van der Waals surface area contributed by atoms with Gasteiger partial charge in [0.25, 0.3) is 0 Å². The Bertz CT molecular complexity index is 743. The Balaban J connectivity index is 1.58. The number of carbonyl (C=O) groups is 1. The Hall–Kier alpha value is -2.27. The van der Waals surface area contributed by atoms with Gasteiger partial charge in [0.1, 0.15) is 5.82 Å². The van der Waals surface area contributed by atoms with Gasteiger partial charge in [-0.15, -0.1) is 0 Å². The van der Waals surface area contributed by atoms with Crippen molar-refractivity contribution in [2.45, 2.75) is 45.6 Å². The predicted octanol–water partition coefficient (Wildman–Crippen LogP) is 3.75. The van der Waals surface area contributed by atoms with Gasteiger partial charge in [-0.25, -0.2) is 14.8 Å². The number of piperidine rings is 1. The monoisotopic (exact) mass is 353 g/mol. The van der Waals surface area contributed by atoms with Gasteiger partial charge in [-0.3, -0.25) is 4.90 Å². The van der Waals surface area contributed by atoms with Crippen molar-refractivity contribution in [1.29, 1.82) is 0 Å². The summed E-state index contributed by atoms with van der Waals surface area (Å²) in [6.07, 6.45) is 5.28. The summed E-state index contributed by atoms with van der Waals surface area (Å²) in [4.78, 5) is 22.5. The summed E-state index contributed by atoms with van der Waals surface area (Å²) < 4.78 is 0. The van der Waals surface area contributed by atoms with Crippen LogP contribution in [0, 0.1) is 5.92 Å². The molecule has 1 aromatic carbocycles. The fraction of sp³-hybridized carbons (Fsp3) is 0.476. The van der Waals surface area contributed by atoms with Crippen LogP contribution in [0.4, 0.5) is 0 Å². The van der Waals surface area contributed by atoms with Crippen molar-refractivity contribution in [3.8, 4) is 0 Å². The first-order valence-electron chi connectivity index (χ1n) is 9.37. The lowest BCUT2D eigenvalue weighted by molar-refractivity contribution is 0.0697. The maximum absolute atomic E-state index is 11.0. The molecular formula is C21H27N3O2. The van der Waals surface area contributed by atoms with Crippen LogP contribution in [0.5, 0.6) is 0 Å². The molecule has 1 saturated heterocycles. The maximum Gasteiger partial charge on any atom is 0.335 e. The zero-order valence-electron chi connectivity index (χ0n) is 15.6. The highest BCUT2D eigenvalue weighted by molar-refractivity contribution is 5.87. The van der Waals surface area contributed by atoms with Crippen molar-refractivity contribution in [3.63, 3.8) is 0 Å². The van der Waals surface area contributed by atoms with Crippen molar-refractivity contribution in [1.82, 2.24) is 14.9 Å². The van der Waals surface area contributed by atoms with E-state index < -0.39 is 5.97 Å². The van der Waals surface area contributed by atoms with Gasteiger partial charge in [0.05, 0.1) is 11.3 Å². The van der Waals surface area contributed by atoms with Gasteiger partial charge in [0, 0.05) is 25.2 Å². The van der Waals surface area contributed by atoms with Crippen LogP contribution >= 0.6 is 0 Å². The molecule has 0 radical (unpaired) electrons. The molecule has 2 heterocycles. The van der Waals surface area contributed by atoms with E-state index in [1.807, 2.05) is 24.4 Å². The molecule has 1 aliphatic rings. The summed E-state index contributed by atoms with van der Waals surface area (Å²) in [7, 11) is 0. The molecule has 1 fully saturated rings. The fourth-order valence-corrected chi connectivity index (χ4v) is 3.59. The molecule has 5 heteroatoms. The number of hydrogen-bond donors (Lipinski definition) is 1. The molecule has 0 saturated carbocycles. The Morgan fingerprint density at radius 2 is 2.04 bits per heavy atom. The first-order valence-corrected chi connectivity index (χ1v) is 9.37. The maximum atomic E-state index is 11.0. The normalized spacial score (nSPS) is 18.2. The third kappa shape index (κ3) is 4.88. The van der Waals surface area contributed by atoms with Gasteiger partial charge in [-0.2, -0.15) is 0 Å². The lowest BCUT2D eigenvalue weighted by Gasteiger charge is -2.32. The van der Waals surface area contributed by atoms with Crippen molar-refractivity contribution in [2.24, 2.45) is 5.92 Å². The van der Waals surface area contributed by atoms with Crippen molar-refractivity contribution in [3.05, 3.63) is 59.2 Å². The van der Waals surface area contributed by atoms with Gasteiger partial charge in [0.2, 0.25) is 0 Å². The van der Waals surface area contributed by atoms with E-state index in [4.69, 9.17) is 10.1 Å². The zero-order chi connectivity index (χ0) is 18.5. The minimum Gasteiger partial charge on any atom is -0.478 e. The first-order chi connectivity index (χ1) is 12.5. The van der Waals surface area contributed by atoms with Crippen LogP contribution in [0.15, 0.2) is 36.5 Å². The summed E-state index contributed by atoms with van der Waals surface area (Å²) in [6, 6.07) is 9.31. The van der Waals surface area contributed by atoms with E-state index >= 15 is 0 Å². The molecule has 1 aliphatic heterocycles. The quantitative estimate of drug-likeness (QED) is 0.857. The summed E-state index contributed by atoms with van der Waals surface area (Å²) in [5.41, 5.74) is 2.66. The second-order valence-electron chi connectivity index (χ2n) is 7.51. The number of aromatic carboxylic acids is 1. The second kappa shape index (κ2) is 8.41.